The lowest BCUT2D eigenvalue weighted by atomic mass is 9.93. The minimum Gasteiger partial charge on any atom is -0.489 e. The molecule has 0 radical (unpaired) electrons. The number of nitriles is 2. The number of fused-ring (bicyclic) bond motifs is 1. The average molecular weight is 400 g/mol. The van der Waals surface area contributed by atoms with Gasteiger partial charge in [-0.15, -0.1) is 6.58 Å². The molecule has 0 bridgehead atoms. The number of pyridine rings is 1. The van der Waals surface area contributed by atoms with Crippen molar-refractivity contribution < 1.29 is 4.74 Å². The van der Waals surface area contributed by atoms with Crippen molar-refractivity contribution in [2.24, 2.45) is 4.99 Å². The number of rotatable bonds is 6. The summed E-state index contributed by atoms with van der Waals surface area (Å²) >= 11 is 0. The van der Waals surface area contributed by atoms with E-state index in [4.69, 9.17) is 21.5 Å². The van der Waals surface area contributed by atoms with Gasteiger partial charge in [-0.2, -0.15) is 10.5 Å². The molecule has 150 valence electrons. The fourth-order valence-corrected chi connectivity index (χ4v) is 3.20. The van der Waals surface area contributed by atoms with Crippen LogP contribution in [-0.4, -0.2) is 17.6 Å². The van der Waals surface area contributed by atoms with Crippen LogP contribution in [0.3, 0.4) is 0 Å². The van der Waals surface area contributed by atoms with Crippen LogP contribution in [-0.2, 0) is 6.42 Å². The fraction of sp³-hybridized carbons (Fsp3) is 0.143. The first-order valence-corrected chi connectivity index (χ1v) is 9.00. The lowest BCUT2D eigenvalue weighted by Crippen LogP contribution is -2.32. The van der Waals surface area contributed by atoms with Crippen LogP contribution >= 0.6 is 0 Å². The molecule has 1 atom stereocenters. The van der Waals surface area contributed by atoms with E-state index in [0.717, 1.165) is 11.1 Å². The van der Waals surface area contributed by atoms with Gasteiger partial charge in [-0.3, -0.25) is 5.32 Å². The maximum atomic E-state index is 9.43. The second-order valence-corrected chi connectivity index (χ2v) is 6.36. The van der Waals surface area contributed by atoms with Crippen LogP contribution in [0.5, 0.6) is 5.75 Å². The second kappa shape index (κ2) is 8.67. The molecule has 9 heteroatoms. The molecule has 1 aliphatic heterocycles. The number of aliphatic imine (C=N–C) groups is 1. The fourth-order valence-electron chi connectivity index (χ4n) is 3.20. The largest absolute Gasteiger partial charge is 0.489 e. The highest BCUT2D eigenvalue weighted by molar-refractivity contribution is 5.98. The molecule has 0 saturated heterocycles. The molecule has 1 aliphatic rings. The van der Waals surface area contributed by atoms with Crippen molar-refractivity contribution >= 4 is 23.3 Å². The molecule has 0 amide bonds. The van der Waals surface area contributed by atoms with Crippen LogP contribution in [0.1, 0.15) is 28.3 Å². The summed E-state index contributed by atoms with van der Waals surface area (Å²) in [7, 11) is 0. The van der Waals surface area contributed by atoms with Gasteiger partial charge in [0.1, 0.15) is 41.7 Å². The molecule has 30 heavy (non-hydrogen) atoms. The predicted octanol–water partition coefficient (Wildman–Crippen LogP) is 2.35. The van der Waals surface area contributed by atoms with Gasteiger partial charge in [0, 0.05) is 5.56 Å². The van der Waals surface area contributed by atoms with Gasteiger partial charge in [0.05, 0.1) is 5.69 Å². The molecule has 0 fully saturated rings. The van der Waals surface area contributed by atoms with E-state index in [2.05, 4.69) is 33.8 Å². The molecule has 9 nitrogen and oxygen atoms in total. The maximum Gasteiger partial charge on any atom is 0.211 e. The third-order valence-corrected chi connectivity index (χ3v) is 4.48. The van der Waals surface area contributed by atoms with Crippen LogP contribution in [0.25, 0.3) is 0 Å². The van der Waals surface area contributed by atoms with E-state index in [-0.39, 0.29) is 23.0 Å². The summed E-state index contributed by atoms with van der Waals surface area (Å²) in [5.74, 6) is 1.23. The van der Waals surface area contributed by atoms with Crippen molar-refractivity contribution in [3.05, 3.63) is 65.8 Å². The van der Waals surface area contributed by atoms with Gasteiger partial charge in [-0.25, -0.2) is 9.98 Å². The summed E-state index contributed by atoms with van der Waals surface area (Å²) < 4.78 is 5.72. The number of ether oxygens (including phenoxy) is 1. The molecule has 0 spiro atoms. The Balaban J connectivity index is 2.18. The number of allylic oxidation sites excluding steroid dienone is 1. The molecule has 2 aromatic rings. The smallest absolute Gasteiger partial charge is 0.211 e. The van der Waals surface area contributed by atoms with Crippen molar-refractivity contribution in [1.82, 2.24) is 10.3 Å². The van der Waals surface area contributed by atoms with Gasteiger partial charge in [0.2, 0.25) is 5.96 Å². The van der Waals surface area contributed by atoms with Crippen molar-refractivity contribution in [3.63, 3.8) is 0 Å². The van der Waals surface area contributed by atoms with E-state index >= 15 is 0 Å². The third-order valence-electron chi connectivity index (χ3n) is 4.48. The van der Waals surface area contributed by atoms with E-state index in [1.807, 2.05) is 30.5 Å². The molecule has 1 unspecified atom stereocenters. The van der Waals surface area contributed by atoms with Crippen molar-refractivity contribution in [2.75, 3.05) is 23.4 Å². The number of nitrogen functional groups attached to an aromatic ring is 2. The lowest BCUT2D eigenvalue weighted by molar-refractivity contribution is 0.359. The highest BCUT2D eigenvalue weighted by Gasteiger charge is 2.30. The summed E-state index contributed by atoms with van der Waals surface area (Å²) in [5, 5.41) is 23.8. The first-order valence-electron chi connectivity index (χ1n) is 9.00. The number of nitrogens with zero attached hydrogens (tertiary/aromatic N) is 4. The molecule has 3 rings (SSSR count). The molecule has 0 aliphatic carbocycles. The van der Waals surface area contributed by atoms with Gasteiger partial charge in [0.15, 0.2) is 6.19 Å². The summed E-state index contributed by atoms with van der Waals surface area (Å²) in [4.78, 5) is 8.81. The van der Waals surface area contributed by atoms with E-state index in [1.54, 1.807) is 12.2 Å². The topological polar surface area (TPSA) is 158 Å². The Labute approximate surface area is 174 Å². The van der Waals surface area contributed by atoms with Crippen LogP contribution in [0.2, 0.25) is 0 Å². The zero-order valence-corrected chi connectivity index (χ0v) is 16.1. The van der Waals surface area contributed by atoms with Crippen LogP contribution in [0.15, 0.2) is 48.5 Å². The SMILES string of the molecule is C=CCOc1ccc(C2N=C(NC#N)Nc3nc(N)c(C#N)c(N)c32)cc1CC=C. The zero-order valence-electron chi connectivity index (χ0n) is 16.1. The standard InChI is InChI=1S/C21H20N8O/c1-3-5-12-9-13(6-7-15(12)30-8-4-2)18-16-17(24)14(10-22)19(25)28-20(16)29-21(27-18)26-11-23/h3-4,6-7,9,18H,1-2,5,8H2,(H6,24,25,26,27,28,29). The Morgan fingerprint density at radius 2 is 2.07 bits per heavy atom. The molecule has 0 saturated carbocycles. The van der Waals surface area contributed by atoms with E-state index in [1.165, 1.54) is 0 Å². The molecular formula is C21H20N8O. The first-order chi connectivity index (χ1) is 14.5. The van der Waals surface area contributed by atoms with Crippen molar-refractivity contribution in [3.8, 4) is 18.0 Å². The van der Waals surface area contributed by atoms with Gasteiger partial charge < -0.3 is 21.5 Å². The predicted molar refractivity (Wildman–Crippen MR) is 115 cm³/mol. The van der Waals surface area contributed by atoms with Crippen molar-refractivity contribution in [1.29, 1.82) is 10.5 Å². The molecule has 2 heterocycles. The number of aromatic nitrogens is 1. The van der Waals surface area contributed by atoms with Crippen molar-refractivity contribution in [2.45, 2.75) is 12.5 Å². The average Bonchev–Trinajstić information content (AvgIpc) is 2.73. The quantitative estimate of drug-likeness (QED) is 0.327. The zero-order chi connectivity index (χ0) is 21.7. The first kappa shape index (κ1) is 20.2. The number of hydrogen-bond acceptors (Lipinski definition) is 9. The number of anilines is 3. The summed E-state index contributed by atoms with van der Waals surface area (Å²) in [6, 6.07) is 6.98. The monoisotopic (exact) mass is 400 g/mol. The van der Waals surface area contributed by atoms with Crippen LogP contribution in [0.4, 0.5) is 17.3 Å². The molecular weight excluding hydrogens is 380 g/mol. The van der Waals surface area contributed by atoms with Gasteiger partial charge >= 0.3 is 0 Å². The normalized spacial score (nSPS) is 14.2. The van der Waals surface area contributed by atoms with Crippen LogP contribution < -0.4 is 26.8 Å². The number of benzene rings is 1. The number of guanidine groups is 1. The number of hydrogen-bond donors (Lipinski definition) is 4. The second-order valence-electron chi connectivity index (χ2n) is 6.36. The van der Waals surface area contributed by atoms with E-state index in [0.29, 0.717) is 30.2 Å². The Morgan fingerprint density at radius 1 is 1.27 bits per heavy atom. The Morgan fingerprint density at radius 3 is 2.73 bits per heavy atom. The number of nitrogens with two attached hydrogens (primary N) is 2. The Kier molecular flexibility index (Phi) is 5.85. The van der Waals surface area contributed by atoms with E-state index in [9.17, 15) is 5.26 Å². The Hall–Kier alpha value is -4.50. The minimum absolute atomic E-state index is 0.00118. The number of nitrogens with one attached hydrogen (secondary N) is 2. The summed E-state index contributed by atoms with van der Waals surface area (Å²) in [6.45, 7) is 7.84. The van der Waals surface area contributed by atoms with Crippen LogP contribution in [0, 0.1) is 22.8 Å². The third kappa shape index (κ3) is 3.73. The van der Waals surface area contributed by atoms with Gasteiger partial charge in [0.25, 0.3) is 0 Å². The van der Waals surface area contributed by atoms with E-state index < -0.39 is 6.04 Å². The maximum absolute atomic E-state index is 9.43. The molecule has 1 aromatic carbocycles. The van der Waals surface area contributed by atoms with Gasteiger partial charge in [-0.1, -0.05) is 24.8 Å². The molecule has 6 N–H and O–H groups in total. The highest BCUT2D eigenvalue weighted by Crippen LogP contribution is 2.41. The molecule has 1 aromatic heterocycles. The minimum atomic E-state index is -0.616. The summed E-state index contributed by atoms with van der Waals surface area (Å²) in [6.07, 6.45) is 5.84. The summed E-state index contributed by atoms with van der Waals surface area (Å²) in [5.41, 5.74) is 14.6. The highest BCUT2D eigenvalue weighted by atomic mass is 16.5. The Bertz CT molecular complexity index is 1120. The lowest BCUT2D eigenvalue weighted by Gasteiger charge is -2.26. The van der Waals surface area contributed by atoms with Gasteiger partial charge in [-0.05, 0) is 29.7 Å².